The molecule has 18 heavy (non-hydrogen) atoms. The maximum absolute atomic E-state index is 11.4. The Labute approximate surface area is 113 Å². The highest BCUT2D eigenvalue weighted by Crippen LogP contribution is 2.30. The number of amides is 2. The summed E-state index contributed by atoms with van der Waals surface area (Å²) in [6, 6.07) is 2.91. The third kappa shape index (κ3) is 3.97. The first-order chi connectivity index (χ1) is 8.43. The number of ether oxygens (including phenoxy) is 1. The van der Waals surface area contributed by atoms with Gasteiger partial charge in [0.2, 0.25) is 5.91 Å². The summed E-state index contributed by atoms with van der Waals surface area (Å²) < 4.78 is 4.32. The second-order valence-electron chi connectivity index (χ2n) is 3.25. The molecule has 0 spiro atoms. The SMILES string of the molecule is COC(=O)NCC(=O)Nc1cc(Cl)c(N)c(Cl)c1. The van der Waals surface area contributed by atoms with Crippen LogP contribution in [-0.2, 0) is 9.53 Å². The van der Waals surface area contributed by atoms with Crippen LogP contribution in [0.15, 0.2) is 12.1 Å². The summed E-state index contributed by atoms with van der Waals surface area (Å²) in [5, 5.41) is 5.20. The second kappa shape index (κ2) is 6.32. The van der Waals surface area contributed by atoms with Gasteiger partial charge in [0.25, 0.3) is 0 Å². The van der Waals surface area contributed by atoms with Crippen LogP contribution in [0.4, 0.5) is 16.2 Å². The van der Waals surface area contributed by atoms with Gasteiger partial charge in [-0.05, 0) is 12.1 Å². The zero-order valence-corrected chi connectivity index (χ0v) is 10.9. The first-order valence-electron chi connectivity index (χ1n) is 4.80. The molecule has 0 atom stereocenters. The van der Waals surface area contributed by atoms with E-state index in [1.54, 1.807) is 0 Å². The fourth-order valence-corrected chi connectivity index (χ4v) is 1.57. The summed E-state index contributed by atoms with van der Waals surface area (Å²) in [7, 11) is 1.20. The van der Waals surface area contributed by atoms with E-state index in [1.807, 2.05) is 0 Å². The smallest absolute Gasteiger partial charge is 0.407 e. The molecule has 2 amide bonds. The van der Waals surface area contributed by atoms with Crippen LogP contribution in [0, 0.1) is 0 Å². The van der Waals surface area contributed by atoms with E-state index in [-0.39, 0.29) is 22.3 Å². The molecule has 98 valence electrons. The second-order valence-corrected chi connectivity index (χ2v) is 4.06. The molecular formula is C10H11Cl2N3O3. The van der Waals surface area contributed by atoms with Crippen molar-refractivity contribution in [2.45, 2.75) is 0 Å². The Balaban J connectivity index is 2.62. The van der Waals surface area contributed by atoms with E-state index in [2.05, 4.69) is 15.4 Å². The molecule has 0 aromatic heterocycles. The number of anilines is 2. The molecule has 0 aliphatic heterocycles. The van der Waals surface area contributed by atoms with Crippen molar-refractivity contribution in [3.63, 3.8) is 0 Å². The lowest BCUT2D eigenvalue weighted by atomic mass is 10.3. The van der Waals surface area contributed by atoms with Crippen molar-refractivity contribution in [1.29, 1.82) is 0 Å². The Morgan fingerprint density at radius 2 is 1.89 bits per heavy atom. The minimum atomic E-state index is -0.696. The number of nitrogens with one attached hydrogen (secondary N) is 2. The third-order valence-corrected chi connectivity index (χ3v) is 2.57. The van der Waals surface area contributed by atoms with Crippen LogP contribution >= 0.6 is 23.2 Å². The van der Waals surface area contributed by atoms with E-state index in [9.17, 15) is 9.59 Å². The first kappa shape index (κ1) is 14.4. The highest BCUT2D eigenvalue weighted by molar-refractivity contribution is 6.39. The molecule has 1 aromatic rings. The highest BCUT2D eigenvalue weighted by Gasteiger charge is 2.09. The number of carbonyl (C=O) groups is 2. The molecule has 0 radical (unpaired) electrons. The molecule has 0 aliphatic rings. The van der Waals surface area contributed by atoms with Crippen LogP contribution in [0.1, 0.15) is 0 Å². The van der Waals surface area contributed by atoms with Crippen LogP contribution in [0.25, 0.3) is 0 Å². The van der Waals surface area contributed by atoms with Gasteiger partial charge in [-0.15, -0.1) is 0 Å². The summed E-state index contributed by atoms with van der Waals surface area (Å²) >= 11 is 11.6. The molecule has 0 aliphatic carbocycles. The summed E-state index contributed by atoms with van der Waals surface area (Å²) in [4.78, 5) is 22.2. The summed E-state index contributed by atoms with van der Waals surface area (Å²) in [5.41, 5.74) is 6.17. The lowest BCUT2D eigenvalue weighted by Crippen LogP contribution is -2.32. The maximum atomic E-state index is 11.4. The van der Waals surface area contributed by atoms with Crippen molar-refractivity contribution in [3.05, 3.63) is 22.2 Å². The number of hydrogen-bond donors (Lipinski definition) is 3. The number of carbonyl (C=O) groups excluding carboxylic acids is 2. The number of nitrogen functional groups attached to an aromatic ring is 1. The molecular weight excluding hydrogens is 281 g/mol. The topological polar surface area (TPSA) is 93.4 Å². The highest BCUT2D eigenvalue weighted by atomic mass is 35.5. The van der Waals surface area contributed by atoms with Gasteiger partial charge in [0.1, 0.15) is 6.54 Å². The van der Waals surface area contributed by atoms with E-state index >= 15 is 0 Å². The molecule has 8 heteroatoms. The summed E-state index contributed by atoms with van der Waals surface area (Å²) in [6.07, 6.45) is -0.696. The molecule has 0 fully saturated rings. The molecule has 6 nitrogen and oxygen atoms in total. The molecule has 0 heterocycles. The zero-order valence-electron chi connectivity index (χ0n) is 9.42. The Kier molecular flexibility index (Phi) is 5.06. The lowest BCUT2D eigenvalue weighted by Gasteiger charge is -2.08. The van der Waals surface area contributed by atoms with Gasteiger partial charge in [0, 0.05) is 5.69 Å². The van der Waals surface area contributed by atoms with E-state index < -0.39 is 12.0 Å². The van der Waals surface area contributed by atoms with Gasteiger partial charge < -0.3 is 21.1 Å². The monoisotopic (exact) mass is 291 g/mol. The lowest BCUT2D eigenvalue weighted by molar-refractivity contribution is -0.115. The molecule has 1 rings (SSSR count). The van der Waals surface area contributed by atoms with E-state index in [1.165, 1.54) is 19.2 Å². The molecule has 4 N–H and O–H groups in total. The molecule has 0 saturated heterocycles. The predicted molar refractivity (Wildman–Crippen MR) is 69.9 cm³/mol. The average molecular weight is 292 g/mol. The standard InChI is InChI=1S/C10H11Cl2N3O3/c1-18-10(17)14-4-8(16)15-5-2-6(11)9(13)7(12)3-5/h2-3H,4,13H2,1H3,(H,14,17)(H,15,16). The molecule has 0 unspecified atom stereocenters. The van der Waals surface area contributed by atoms with Crippen molar-refractivity contribution < 1.29 is 14.3 Å². The molecule has 1 aromatic carbocycles. The van der Waals surface area contributed by atoms with Crippen LogP contribution in [0.5, 0.6) is 0 Å². The minimum Gasteiger partial charge on any atom is -0.453 e. The van der Waals surface area contributed by atoms with Gasteiger partial charge in [0.05, 0.1) is 22.8 Å². The van der Waals surface area contributed by atoms with Crippen LogP contribution in [0.2, 0.25) is 10.0 Å². The predicted octanol–water partition coefficient (Wildman–Crippen LogP) is 1.87. The van der Waals surface area contributed by atoms with Gasteiger partial charge in [-0.25, -0.2) is 4.79 Å². The Bertz CT molecular complexity index is 456. The van der Waals surface area contributed by atoms with Gasteiger partial charge >= 0.3 is 6.09 Å². The van der Waals surface area contributed by atoms with Crippen molar-refractivity contribution in [2.75, 3.05) is 24.7 Å². The minimum absolute atomic E-state index is 0.230. The summed E-state index contributed by atoms with van der Waals surface area (Å²) in [6.45, 7) is -0.230. The van der Waals surface area contributed by atoms with Crippen LogP contribution < -0.4 is 16.4 Å². The van der Waals surface area contributed by atoms with E-state index in [0.717, 1.165) is 0 Å². The van der Waals surface area contributed by atoms with Crippen molar-refractivity contribution in [1.82, 2.24) is 5.32 Å². The number of rotatable bonds is 3. The molecule has 0 bridgehead atoms. The van der Waals surface area contributed by atoms with Crippen molar-refractivity contribution >= 4 is 46.6 Å². The maximum Gasteiger partial charge on any atom is 0.407 e. The quantitative estimate of drug-likeness (QED) is 0.741. The number of alkyl carbamates (subject to hydrolysis) is 1. The van der Waals surface area contributed by atoms with Crippen molar-refractivity contribution in [2.24, 2.45) is 0 Å². The van der Waals surface area contributed by atoms with E-state index in [4.69, 9.17) is 28.9 Å². The number of methoxy groups -OCH3 is 1. The first-order valence-corrected chi connectivity index (χ1v) is 5.55. The number of nitrogens with two attached hydrogens (primary N) is 1. The number of hydrogen-bond acceptors (Lipinski definition) is 4. The van der Waals surface area contributed by atoms with Crippen LogP contribution in [-0.4, -0.2) is 25.7 Å². The van der Waals surface area contributed by atoms with Gasteiger partial charge in [-0.3, -0.25) is 4.79 Å². The Morgan fingerprint density at radius 3 is 2.39 bits per heavy atom. The Morgan fingerprint density at radius 1 is 1.33 bits per heavy atom. The van der Waals surface area contributed by atoms with E-state index in [0.29, 0.717) is 5.69 Å². The third-order valence-electron chi connectivity index (χ3n) is 1.94. The largest absolute Gasteiger partial charge is 0.453 e. The number of benzene rings is 1. The van der Waals surface area contributed by atoms with Gasteiger partial charge in [-0.1, -0.05) is 23.2 Å². The fourth-order valence-electron chi connectivity index (χ4n) is 1.09. The zero-order chi connectivity index (χ0) is 13.7. The van der Waals surface area contributed by atoms with Gasteiger partial charge in [-0.2, -0.15) is 0 Å². The molecule has 0 saturated carbocycles. The average Bonchev–Trinajstić information content (AvgIpc) is 2.32. The fraction of sp³-hybridized carbons (Fsp3) is 0.200. The summed E-state index contributed by atoms with van der Waals surface area (Å²) in [5.74, 6) is -0.447. The Hall–Kier alpha value is -1.66. The van der Waals surface area contributed by atoms with Gasteiger partial charge in [0.15, 0.2) is 0 Å². The van der Waals surface area contributed by atoms with Crippen molar-refractivity contribution in [3.8, 4) is 0 Å². The van der Waals surface area contributed by atoms with Crippen LogP contribution in [0.3, 0.4) is 0 Å². The number of halogens is 2. The normalized spacial score (nSPS) is 9.72.